The number of nitrogens with zero attached hydrogens (tertiary/aromatic N) is 1. The Balaban J connectivity index is 2.27. The normalized spacial score (nSPS) is 28.2. The number of fused-ring (bicyclic) bond motifs is 1. The summed E-state index contributed by atoms with van der Waals surface area (Å²) in [5.41, 5.74) is 1.38. The minimum Gasteiger partial charge on any atom is -0.446 e. The van der Waals surface area contributed by atoms with Gasteiger partial charge in [-0.05, 0) is 19.4 Å². The van der Waals surface area contributed by atoms with Crippen molar-refractivity contribution in [2.45, 2.75) is 26.3 Å². The first-order valence-corrected chi connectivity index (χ1v) is 3.85. The maximum absolute atomic E-state index is 5.38. The van der Waals surface area contributed by atoms with Crippen molar-refractivity contribution in [3.05, 3.63) is 23.5 Å². The third-order valence-electron chi connectivity index (χ3n) is 1.98. The second-order valence-electron chi connectivity index (χ2n) is 3.05. The molecule has 1 unspecified atom stereocenters. The van der Waals surface area contributed by atoms with E-state index in [1.54, 1.807) is 0 Å². The lowest BCUT2D eigenvalue weighted by Gasteiger charge is -2.11. The zero-order valence-electron chi connectivity index (χ0n) is 6.79. The number of allylic oxidation sites excluding steroid dienone is 2. The van der Waals surface area contributed by atoms with E-state index in [-0.39, 0.29) is 6.04 Å². The predicted molar refractivity (Wildman–Crippen MR) is 44.4 cm³/mol. The third-order valence-corrected chi connectivity index (χ3v) is 1.98. The highest BCUT2D eigenvalue weighted by atomic mass is 16.5. The average molecular weight is 149 g/mol. The van der Waals surface area contributed by atoms with E-state index >= 15 is 0 Å². The van der Waals surface area contributed by atoms with E-state index in [9.17, 15) is 0 Å². The van der Waals surface area contributed by atoms with Crippen LogP contribution >= 0.6 is 0 Å². The van der Waals surface area contributed by atoms with Crippen LogP contribution in [0.15, 0.2) is 28.5 Å². The Morgan fingerprint density at radius 2 is 2.27 bits per heavy atom. The van der Waals surface area contributed by atoms with Gasteiger partial charge in [0.15, 0.2) is 5.90 Å². The third kappa shape index (κ3) is 1.09. The summed E-state index contributed by atoms with van der Waals surface area (Å²) in [6.45, 7) is 4.02. The van der Waals surface area contributed by atoms with Crippen molar-refractivity contribution < 1.29 is 4.74 Å². The minimum absolute atomic E-state index is 0.278. The predicted octanol–water partition coefficient (Wildman–Crippen LogP) is 2.04. The van der Waals surface area contributed by atoms with E-state index in [2.05, 4.69) is 18.0 Å². The maximum atomic E-state index is 5.38. The first kappa shape index (κ1) is 6.65. The van der Waals surface area contributed by atoms with Crippen molar-refractivity contribution in [2.75, 3.05) is 0 Å². The van der Waals surface area contributed by atoms with E-state index in [0.717, 1.165) is 18.1 Å². The molecule has 1 aliphatic heterocycles. The summed E-state index contributed by atoms with van der Waals surface area (Å²) in [5.74, 6) is 1.80. The second kappa shape index (κ2) is 2.22. The highest BCUT2D eigenvalue weighted by molar-refractivity contribution is 5.77. The minimum atomic E-state index is 0.278. The molecule has 0 radical (unpaired) electrons. The Kier molecular flexibility index (Phi) is 1.34. The summed E-state index contributed by atoms with van der Waals surface area (Å²) in [5, 5.41) is 0. The van der Waals surface area contributed by atoms with Gasteiger partial charge in [0, 0.05) is 6.92 Å². The van der Waals surface area contributed by atoms with Crippen LogP contribution in [0.2, 0.25) is 0 Å². The quantitative estimate of drug-likeness (QED) is 0.516. The van der Waals surface area contributed by atoms with Crippen LogP contribution in [0.5, 0.6) is 0 Å². The molecule has 0 spiro atoms. The summed E-state index contributed by atoms with van der Waals surface area (Å²) in [4.78, 5) is 4.35. The summed E-state index contributed by atoms with van der Waals surface area (Å²) in [7, 11) is 0. The van der Waals surface area contributed by atoms with E-state index in [1.165, 1.54) is 5.57 Å². The van der Waals surface area contributed by atoms with Crippen LogP contribution in [0.3, 0.4) is 0 Å². The van der Waals surface area contributed by atoms with Crippen molar-refractivity contribution in [2.24, 2.45) is 4.99 Å². The van der Waals surface area contributed by atoms with Gasteiger partial charge in [0.05, 0.1) is 0 Å². The molecular formula is C9H11NO. The molecule has 0 fully saturated rings. The Labute approximate surface area is 66.3 Å². The fourth-order valence-corrected chi connectivity index (χ4v) is 1.44. The smallest absolute Gasteiger partial charge is 0.187 e. The zero-order valence-corrected chi connectivity index (χ0v) is 6.79. The van der Waals surface area contributed by atoms with Gasteiger partial charge in [-0.15, -0.1) is 0 Å². The van der Waals surface area contributed by atoms with Crippen LogP contribution in [-0.2, 0) is 4.74 Å². The summed E-state index contributed by atoms with van der Waals surface area (Å²) < 4.78 is 5.38. The molecule has 1 heterocycles. The summed E-state index contributed by atoms with van der Waals surface area (Å²) in [6.07, 6.45) is 5.13. The molecule has 58 valence electrons. The molecule has 0 amide bonds. The molecule has 0 aromatic carbocycles. The highest BCUT2D eigenvalue weighted by Gasteiger charge is 2.24. The molecule has 0 bridgehead atoms. The lowest BCUT2D eigenvalue weighted by atomic mass is 10.0. The van der Waals surface area contributed by atoms with Gasteiger partial charge >= 0.3 is 0 Å². The summed E-state index contributed by atoms with van der Waals surface area (Å²) in [6, 6.07) is 0.278. The molecule has 0 saturated carbocycles. The molecule has 2 heteroatoms. The zero-order chi connectivity index (χ0) is 7.84. The molecule has 0 saturated heterocycles. The van der Waals surface area contributed by atoms with E-state index in [1.807, 2.05) is 13.0 Å². The van der Waals surface area contributed by atoms with E-state index < -0.39 is 0 Å². The van der Waals surface area contributed by atoms with Gasteiger partial charge in [0.1, 0.15) is 11.8 Å². The fourth-order valence-electron chi connectivity index (χ4n) is 1.44. The lowest BCUT2D eigenvalue weighted by molar-refractivity contribution is 0.408. The van der Waals surface area contributed by atoms with Crippen molar-refractivity contribution in [3.8, 4) is 0 Å². The molecule has 11 heavy (non-hydrogen) atoms. The van der Waals surface area contributed by atoms with E-state index in [0.29, 0.717) is 0 Å². The van der Waals surface area contributed by atoms with E-state index in [4.69, 9.17) is 4.74 Å². The molecule has 2 aliphatic rings. The Morgan fingerprint density at radius 1 is 1.45 bits per heavy atom. The van der Waals surface area contributed by atoms with Crippen LogP contribution in [0.1, 0.15) is 20.3 Å². The average Bonchev–Trinajstić information content (AvgIpc) is 2.27. The van der Waals surface area contributed by atoms with Gasteiger partial charge in [-0.25, -0.2) is 4.99 Å². The first-order chi connectivity index (χ1) is 5.25. The van der Waals surface area contributed by atoms with Crippen LogP contribution in [0.4, 0.5) is 0 Å². The molecule has 2 rings (SSSR count). The standard InChI is InChI=1S/C9H11NO/c1-6-3-4-9-8(5-6)10-7(2)11-9/h3-4,8H,5H2,1-2H3. The molecule has 0 aromatic rings. The van der Waals surface area contributed by atoms with Crippen LogP contribution in [0, 0.1) is 0 Å². The molecule has 1 aliphatic carbocycles. The molecule has 0 N–H and O–H groups in total. The molecule has 1 atom stereocenters. The van der Waals surface area contributed by atoms with Crippen LogP contribution < -0.4 is 0 Å². The van der Waals surface area contributed by atoms with Gasteiger partial charge in [-0.3, -0.25) is 0 Å². The number of rotatable bonds is 0. The van der Waals surface area contributed by atoms with Crippen molar-refractivity contribution in [3.63, 3.8) is 0 Å². The van der Waals surface area contributed by atoms with Crippen molar-refractivity contribution in [1.82, 2.24) is 0 Å². The fraction of sp³-hybridized carbons (Fsp3) is 0.444. The molecular weight excluding hydrogens is 138 g/mol. The van der Waals surface area contributed by atoms with Gasteiger partial charge in [-0.2, -0.15) is 0 Å². The molecule has 2 nitrogen and oxygen atoms in total. The lowest BCUT2D eigenvalue weighted by Crippen LogP contribution is -2.07. The Morgan fingerprint density at radius 3 is 3.09 bits per heavy atom. The van der Waals surface area contributed by atoms with Gasteiger partial charge in [0.2, 0.25) is 0 Å². The molecule has 0 aromatic heterocycles. The topological polar surface area (TPSA) is 21.6 Å². The highest BCUT2D eigenvalue weighted by Crippen LogP contribution is 2.27. The SMILES string of the molecule is CC1=CC=C2OC(C)=NC2C1. The largest absolute Gasteiger partial charge is 0.446 e. The number of aliphatic imine (C=N–C) groups is 1. The van der Waals surface area contributed by atoms with Crippen molar-refractivity contribution in [1.29, 1.82) is 0 Å². The first-order valence-electron chi connectivity index (χ1n) is 3.85. The Bertz CT molecular complexity index is 273. The number of hydrogen-bond donors (Lipinski definition) is 0. The monoisotopic (exact) mass is 149 g/mol. The number of hydrogen-bond acceptors (Lipinski definition) is 2. The second-order valence-corrected chi connectivity index (χ2v) is 3.05. The van der Waals surface area contributed by atoms with Gasteiger partial charge < -0.3 is 4.74 Å². The maximum Gasteiger partial charge on any atom is 0.187 e. The van der Waals surface area contributed by atoms with Gasteiger partial charge in [0.25, 0.3) is 0 Å². The number of ether oxygens (including phenoxy) is 1. The summed E-state index contributed by atoms with van der Waals surface area (Å²) >= 11 is 0. The van der Waals surface area contributed by atoms with Crippen LogP contribution in [-0.4, -0.2) is 11.9 Å². The van der Waals surface area contributed by atoms with Gasteiger partial charge in [-0.1, -0.05) is 11.6 Å². The van der Waals surface area contributed by atoms with Crippen LogP contribution in [0.25, 0.3) is 0 Å². The van der Waals surface area contributed by atoms with Crippen molar-refractivity contribution >= 4 is 5.90 Å². The Hall–Kier alpha value is -1.05.